The molecule has 1 aromatic carbocycles. The van der Waals surface area contributed by atoms with Crippen molar-refractivity contribution in [2.24, 2.45) is 0 Å². The van der Waals surface area contributed by atoms with Crippen molar-refractivity contribution in [1.29, 1.82) is 5.26 Å². The van der Waals surface area contributed by atoms with Crippen LogP contribution < -0.4 is 10.1 Å². The number of nitriles is 1. The van der Waals surface area contributed by atoms with E-state index in [0.717, 1.165) is 25.7 Å². The van der Waals surface area contributed by atoms with E-state index in [9.17, 15) is 10.1 Å². The number of hydrogen-bond acceptors (Lipinski definition) is 4. The Morgan fingerprint density at radius 1 is 1.48 bits per heavy atom. The first kappa shape index (κ1) is 17.6. The summed E-state index contributed by atoms with van der Waals surface area (Å²) < 4.78 is 5.60. The molecular formula is C17H22ClN3O2. The highest BCUT2D eigenvalue weighted by molar-refractivity contribution is 6.30. The van der Waals surface area contributed by atoms with Gasteiger partial charge in [0.25, 0.3) is 0 Å². The summed E-state index contributed by atoms with van der Waals surface area (Å²) in [6.45, 7) is 1.33. The molecule has 1 saturated carbocycles. The lowest BCUT2D eigenvalue weighted by Crippen LogP contribution is -2.48. The molecule has 1 N–H and O–H groups in total. The van der Waals surface area contributed by atoms with Crippen LogP contribution in [0.15, 0.2) is 24.3 Å². The molecule has 0 unspecified atom stereocenters. The van der Waals surface area contributed by atoms with E-state index < -0.39 is 5.54 Å². The molecule has 1 amide bonds. The third kappa shape index (κ3) is 5.42. The van der Waals surface area contributed by atoms with Crippen molar-refractivity contribution in [3.8, 4) is 11.8 Å². The molecule has 5 nitrogen and oxygen atoms in total. The molecule has 1 fully saturated rings. The molecule has 0 spiro atoms. The Balaban J connectivity index is 1.71. The summed E-state index contributed by atoms with van der Waals surface area (Å²) in [7, 11) is 1.86. The van der Waals surface area contributed by atoms with Gasteiger partial charge in [-0.2, -0.15) is 5.26 Å². The van der Waals surface area contributed by atoms with Crippen molar-refractivity contribution < 1.29 is 9.53 Å². The molecule has 124 valence electrons. The topological polar surface area (TPSA) is 65.4 Å². The van der Waals surface area contributed by atoms with E-state index in [4.69, 9.17) is 16.3 Å². The zero-order chi connectivity index (χ0) is 16.7. The largest absolute Gasteiger partial charge is 0.492 e. The van der Waals surface area contributed by atoms with Crippen LogP contribution in [0, 0.1) is 11.3 Å². The van der Waals surface area contributed by atoms with Crippen LogP contribution in [0.25, 0.3) is 0 Å². The lowest BCUT2D eigenvalue weighted by atomic mass is 10.00. The summed E-state index contributed by atoms with van der Waals surface area (Å²) in [4.78, 5) is 14.0. The maximum Gasteiger partial charge on any atom is 0.235 e. The SMILES string of the molecule is CN(CCOc1cccc(Cl)c1)CC(=O)NC1(C#N)CCCC1. The van der Waals surface area contributed by atoms with Crippen molar-refractivity contribution in [3.05, 3.63) is 29.3 Å². The second-order valence-electron chi connectivity index (χ2n) is 5.99. The summed E-state index contributed by atoms with van der Waals surface area (Å²) >= 11 is 5.89. The van der Waals surface area contributed by atoms with E-state index in [2.05, 4.69) is 11.4 Å². The van der Waals surface area contributed by atoms with Crippen molar-refractivity contribution in [2.75, 3.05) is 26.7 Å². The number of ether oxygens (including phenoxy) is 1. The molecule has 0 heterocycles. The highest BCUT2D eigenvalue weighted by Crippen LogP contribution is 2.28. The lowest BCUT2D eigenvalue weighted by Gasteiger charge is -2.24. The van der Waals surface area contributed by atoms with Crippen LogP contribution in [0.3, 0.4) is 0 Å². The van der Waals surface area contributed by atoms with Crippen LogP contribution in [-0.2, 0) is 4.79 Å². The molecule has 0 bridgehead atoms. The van der Waals surface area contributed by atoms with Gasteiger partial charge in [-0.15, -0.1) is 0 Å². The average molecular weight is 336 g/mol. The second kappa shape index (κ2) is 8.19. The number of nitrogens with zero attached hydrogens (tertiary/aromatic N) is 2. The number of amides is 1. The minimum absolute atomic E-state index is 0.112. The fourth-order valence-corrected chi connectivity index (χ4v) is 2.93. The summed E-state index contributed by atoms with van der Waals surface area (Å²) in [6.07, 6.45) is 3.49. The van der Waals surface area contributed by atoms with E-state index in [-0.39, 0.29) is 12.5 Å². The number of halogens is 1. The van der Waals surface area contributed by atoms with Crippen molar-refractivity contribution >= 4 is 17.5 Å². The van der Waals surface area contributed by atoms with E-state index in [1.165, 1.54) is 0 Å². The van der Waals surface area contributed by atoms with Crippen LogP contribution in [-0.4, -0.2) is 43.1 Å². The third-order valence-corrected chi connectivity index (χ3v) is 4.24. The minimum atomic E-state index is -0.658. The molecule has 0 saturated heterocycles. The minimum Gasteiger partial charge on any atom is -0.492 e. The van der Waals surface area contributed by atoms with Gasteiger partial charge in [0, 0.05) is 11.6 Å². The van der Waals surface area contributed by atoms with Crippen LogP contribution in [0.4, 0.5) is 0 Å². The highest BCUT2D eigenvalue weighted by Gasteiger charge is 2.35. The maximum absolute atomic E-state index is 12.1. The number of benzene rings is 1. The zero-order valence-corrected chi connectivity index (χ0v) is 14.1. The molecular weight excluding hydrogens is 314 g/mol. The molecule has 0 atom stereocenters. The Labute approximate surface area is 142 Å². The zero-order valence-electron chi connectivity index (χ0n) is 13.3. The van der Waals surface area contributed by atoms with E-state index in [1.807, 2.05) is 24.1 Å². The fourth-order valence-electron chi connectivity index (χ4n) is 2.75. The van der Waals surface area contributed by atoms with Gasteiger partial charge >= 0.3 is 0 Å². The van der Waals surface area contributed by atoms with Gasteiger partial charge in [-0.05, 0) is 50.9 Å². The molecule has 2 rings (SSSR count). The normalized spacial score (nSPS) is 16.1. The van der Waals surface area contributed by atoms with Gasteiger partial charge in [0.15, 0.2) is 0 Å². The van der Waals surface area contributed by atoms with Gasteiger partial charge in [0.2, 0.25) is 5.91 Å². The first-order chi connectivity index (χ1) is 11.0. The molecule has 1 aliphatic carbocycles. The molecule has 0 aromatic heterocycles. The first-order valence-electron chi connectivity index (χ1n) is 7.82. The summed E-state index contributed by atoms with van der Waals surface area (Å²) in [5, 5.41) is 12.8. The lowest BCUT2D eigenvalue weighted by molar-refractivity contribution is -0.123. The highest BCUT2D eigenvalue weighted by atomic mass is 35.5. The molecule has 1 aromatic rings. The number of hydrogen-bond donors (Lipinski definition) is 1. The molecule has 23 heavy (non-hydrogen) atoms. The van der Waals surface area contributed by atoms with E-state index in [0.29, 0.717) is 23.9 Å². The van der Waals surface area contributed by atoms with Crippen molar-refractivity contribution in [2.45, 2.75) is 31.2 Å². The number of carbonyl (C=O) groups excluding carboxylic acids is 1. The maximum atomic E-state index is 12.1. The van der Waals surface area contributed by atoms with Gasteiger partial charge < -0.3 is 10.1 Å². The van der Waals surface area contributed by atoms with Crippen LogP contribution in [0.2, 0.25) is 5.02 Å². The molecule has 0 aliphatic heterocycles. The smallest absolute Gasteiger partial charge is 0.235 e. The van der Waals surface area contributed by atoms with Crippen molar-refractivity contribution in [3.63, 3.8) is 0 Å². The van der Waals surface area contributed by atoms with E-state index in [1.54, 1.807) is 12.1 Å². The van der Waals surface area contributed by atoms with Crippen LogP contribution in [0.1, 0.15) is 25.7 Å². The van der Waals surface area contributed by atoms with Gasteiger partial charge in [-0.25, -0.2) is 0 Å². The van der Waals surface area contributed by atoms with Crippen LogP contribution in [0.5, 0.6) is 5.75 Å². The summed E-state index contributed by atoms with van der Waals surface area (Å²) in [6, 6.07) is 9.48. The Bertz CT molecular complexity index is 579. The average Bonchev–Trinajstić information content (AvgIpc) is 2.96. The van der Waals surface area contributed by atoms with E-state index >= 15 is 0 Å². The standard InChI is InChI=1S/C17H22ClN3O2/c1-21(9-10-23-15-6-4-5-14(18)11-15)12-16(22)20-17(13-19)7-2-3-8-17/h4-6,11H,2-3,7-10,12H2,1H3,(H,20,22). The Morgan fingerprint density at radius 2 is 2.22 bits per heavy atom. The Morgan fingerprint density at radius 3 is 2.87 bits per heavy atom. The van der Waals surface area contributed by atoms with Gasteiger partial charge in [0.1, 0.15) is 17.9 Å². The third-order valence-electron chi connectivity index (χ3n) is 4.00. The number of carbonyl (C=O) groups is 1. The monoisotopic (exact) mass is 335 g/mol. The second-order valence-corrected chi connectivity index (χ2v) is 6.43. The number of likely N-dealkylation sites (N-methyl/N-ethyl adjacent to an activating group) is 1. The van der Waals surface area contributed by atoms with Gasteiger partial charge in [-0.1, -0.05) is 17.7 Å². The van der Waals surface area contributed by atoms with Crippen molar-refractivity contribution in [1.82, 2.24) is 10.2 Å². The quantitative estimate of drug-likeness (QED) is 0.831. The fraction of sp³-hybridized carbons (Fsp3) is 0.529. The van der Waals surface area contributed by atoms with Gasteiger partial charge in [-0.3, -0.25) is 9.69 Å². The molecule has 1 aliphatic rings. The predicted octanol–water partition coefficient (Wildman–Crippen LogP) is 2.60. The summed E-state index contributed by atoms with van der Waals surface area (Å²) in [5.74, 6) is 0.600. The number of nitrogens with one attached hydrogen (secondary N) is 1. The molecule has 0 radical (unpaired) electrons. The predicted molar refractivity (Wildman–Crippen MR) is 89.4 cm³/mol. The molecule has 6 heteroatoms. The Hall–Kier alpha value is -1.77. The van der Waals surface area contributed by atoms with Gasteiger partial charge in [0.05, 0.1) is 12.6 Å². The summed E-state index contributed by atoms with van der Waals surface area (Å²) in [5.41, 5.74) is -0.658. The Kier molecular flexibility index (Phi) is 6.26. The van der Waals surface area contributed by atoms with Crippen LogP contribution >= 0.6 is 11.6 Å². The first-order valence-corrected chi connectivity index (χ1v) is 8.20. The number of rotatable bonds is 7.